The van der Waals surface area contributed by atoms with Crippen LogP contribution in [0.1, 0.15) is 53.0 Å². The highest BCUT2D eigenvalue weighted by Gasteiger charge is 2.24. The van der Waals surface area contributed by atoms with Gasteiger partial charge in [0.2, 0.25) is 15.8 Å². The van der Waals surface area contributed by atoms with Crippen LogP contribution in [-0.2, 0) is 34.5 Å². The molecule has 3 aromatic rings. The second-order valence-corrected chi connectivity index (χ2v) is 11.8. The van der Waals surface area contributed by atoms with Crippen molar-refractivity contribution in [1.29, 1.82) is 0 Å². The zero-order valence-corrected chi connectivity index (χ0v) is 23.3. The number of aliphatic hydroxyl groups is 1. The minimum atomic E-state index is -3.21. The van der Waals surface area contributed by atoms with Crippen LogP contribution in [0.2, 0.25) is 0 Å². The molecule has 1 amide bonds. The van der Waals surface area contributed by atoms with Crippen molar-refractivity contribution in [2.75, 3.05) is 19.5 Å². The maximum atomic E-state index is 14.0. The maximum absolute atomic E-state index is 14.0. The molecule has 4 rings (SSSR count). The second-order valence-electron chi connectivity index (χ2n) is 10.0. The van der Waals surface area contributed by atoms with Crippen molar-refractivity contribution in [3.8, 4) is 11.4 Å². The summed E-state index contributed by atoms with van der Waals surface area (Å²) in [5.74, 6) is -0.138. The molecule has 1 saturated carbocycles. The van der Waals surface area contributed by atoms with Gasteiger partial charge in [-0.2, -0.15) is 4.80 Å². The van der Waals surface area contributed by atoms with Crippen molar-refractivity contribution in [3.63, 3.8) is 0 Å². The number of nitrogens with zero attached hydrogens (tertiary/aromatic N) is 5. The lowest BCUT2D eigenvalue weighted by Gasteiger charge is -2.27. The third-order valence-corrected chi connectivity index (χ3v) is 7.36. The molecule has 2 aromatic heterocycles. The first kappa shape index (κ1) is 29.6. The Kier molecular flexibility index (Phi) is 9.90. The first-order valence-corrected chi connectivity index (χ1v) is 15.0. The quantitative estimate of drug-likeness (QED) is 0.273. The Bertz CT molecular complexity index is 1420. The van der Waals surface area contributed by atoms with E-state index in [2.05, 4.69) is 30.4 Å². The third-order valence-electron chi connectivity index (χ3n) is 6.60. The topological polar surface area (TPSA) is 161 Å². The highest BCUT2D eigenvalue weighted by Crippen LogP contribution is 2.26. The van der Waals surface area contributed by atoms with Crippen LogP contribution in [0.15, 0.2) is 30.3 Å². The molecule has 0 radical (unpaired) electrons. The normalized spacial score (nSPS) is 17.6. The Balaban J connectivity index is 1.35. The number of rotatable bonds is 12. The van der Waals surface area contributed by atoms with Gasteiger partial charge in [-0.05, 0) is 73.6 Å². The molecule has 1 fully saturated rings. The number of tetrazole rings is 1. The summed E-state index contributed by atoms with van der Waals surface area (Å²) in [5.41, 5.74) is 2.44. The fourth-order valence-electron chi connectivity index (χ4n) is 4.71. The number of pyridine rings is 1. The van der Waals surface area contributed by atoms with Crippen molar-refractivity contribution >= 4 is 15.9 Å². The van der Waals surface area contributed by atoms with E-state index in [1.165, 1.54) is 17.1 Å². The Hall–Kier alpha value is -3.33. The number of aryl methyl sites for hydroxylation is 1. The predicted octanol–water partition coefficient (Wildman–Crippen LogP) is 1.73. The summed E-state index contributed by atoms with van der Waals surface area (Å²) in [6.45, 7) is 2.48. The number of aromatic nitrogens is 5. The average molecular weight is 576 g/mol. The molecule has 1 aliphatic rings. The number of hydrogen-bond donors (Lipinski definition) is 3. The predicted molar refractivity (Wildman–Crippen MR) is 144 cm³/mol. The van der Waals surface area contributed by atoms with Crippen LogP contribution in [0.25, 0.3) is 11.4 Å². The van der Waals surface area contributed by atoms with E-state index in [-0.39, 0.29) is 38.1 Å². The molecule has 0 unspecified atom stereocenters. The third kappa shape index (κ3) is 8.58. The van der Waals surface area contributed by atoms with Crippen molar-refractivity contribution in [1.82, 2.24) is 35.2 Å². The molecule has 12 nitrogen and oxygen atoms in total. The highest BCUT2D eigenvalue weighted by atomic mass is 32.2. The second kappa shape index (κ2) is 13.4. The zero-order chi connectivity index (χ0) is 28.7. The largest absolute Gasteiger partial charge is 0.394 e. The standard InChI is InChI=1S/C26H34FN7O5S/c1-17-11-20(25-30-33-34(31-25)15-18-3-6-22(7-4-18)32-40(2,37)38)13-24(29-17)26(36)28-14-19-5-8-23(27)21(12-19)16-39-10-9-35/h5,8,11-13,18,22,32,35H,3-4,6-7,9-10,14-16H2,1-2H3,(H,28,36)/t18-,22-. The van der Waals surface area contributed by atoms with Gasteiger partial charge in [0, 0.05) is 29.4 Å². The van der Waals surface area contributed by atoms with Gasteiger partial charge >= 0.3 is 0 Å². The van der Waals surface area contributed by atoms with Crippen LogP contribution in [0.5, 0.6) is 0 Å². The van der Waals surface area contributed by atoms with E-state index in [4.69, 9.17) is 9.84 Å². The maximum Gasteiger partial charge on any atom is 0.270 e. The zero-order valence-electron chi connectivity index (χ0n) is 22.5. The van der Waals surface area contributed by atoms with Gasteiger partial charge in [-0.3, -0.25) is 4.79 Å². The Morgan fingerprint density at radius 3 is 2.70 bits per heavy atom. The molecular formula is C26H34FN7O5S. The van der Waals surface area contributed by atoms with Crippen LogP contribution in [-0.4, -0.2) is 70.1 Å². The molecule has 0 atom stereocenters. The monoisotopic (exact) mass is 575 g/mol. The molecule has 0 spiro atoms. The van der Waals surface area contributed by atoms with E-state index in [0.29, 0.717) is 40.7 Å². The number of hydrogen-bond acceptors (Lipinski definition) is 9. The number of benzene rings is 1. The van der Waals surface area contributed by atoms with Crippen molar-refractivity contribution in [3.05, 3.63) is 58.7 Å². The summed E-state index contributed by atoms with van der Waals surface area (Å²) in [5, 5.41) is 24.5. The minimum absolute atomic E-state index is 0.0202. The molecule has 1 aliphatic carbocycles. The SMILES string of the molecule is Cc1cc(-c2nnn(C[C@H]3CC[C@H](NS(C)(=O)=O)CC3)n2)cc(C(=O)NCc2ccc(F)c(COCCO)c2)n1. The highest BCUT2D eigenvalue weighted by molar-refractivity contribution is 7.88. The van der Waals surface area contributed by atoms with Gasteiger partial charge in [0.1, 0.15) is 11.5 Å². The lowest BCUT2D eigenvalue weighted by atomic mass is 9.86. The van der Waals surface area contributed by atoms with Gasteiger partial charge in [0.25, 0.3) is 5.91 Å². The summed E-state index contributed by atoms with van der Waals surface area (Å²) in [6, 6.07) is 7.85. The first-order valence-electron chi connectivity index (χ1n) is 13.1. The molecule has 0 bridgehead atoms. The van der Waals surface area contributed by atoms with Crippen LogP contribution >= 0.6 is 0 Å². The smallest absolute Gasteiger partial charge is 0.270 e. The summed E-state index contributed by atoms with van der Waals surface area (Å²) in [6.07, 6.45) is 4.41. The molecular weight excluding hydrogens is 541 g/mol. The summed E-state index contributed by atoms with van der Waals surface area (Å²) < 4.78 is 44.8. The van der Waals surface area contributed by atoms with Gasteiger partial charge in [-0.15, -0.1) is 10.2 Å². The Morgan fingerprint density at radius 1 is 1.20 bits per heavy atom. The van der Waals surface area contributed by atoms with E-state index in [1.807, 2.05) is 0 Å². The number of carbonyl (C=O) groups excluding carboxylic acids is 1. The van der Waals surface area contributed by atoms with Gasteiger partial charge in [0.05, 0.1) is 32.6 Å². The molecule has 40 heavy (non-hydrogen) atoms. The van der Waals surface area contributed by atoms with E-state index in [1.54, 1.807) is 31.2 Å². The summed E-state index contributed by atoms with van der Waals surface area (Å²) >= 11 is 0. The van der Waals surface area contributed by atoms with Gasteiger partial charge < -0.3 is 15.2 Å². The summed E-state index contributed by atoms with van der Waals surface area (Å²) in [4.78, 5) is 18.8. The molecule has 216 valence electrons. The molecule has 0 saturated heterocycles. The molecule has 0 aliphatic heterocycles. The Morgan fingerprint density at radius 2 is 1.98 bits per heavy atom. The number of aliphatic hydroxyl groups excluding tert-OH is 1. The van der Waals surface area contributed by atoms with Gasteiger partial charge in [-0.1, -0.05) is 6.07 Å². The number of sulfonamides is 1. The van der Waals surface area contributed by atoms with Crippen molar-refractivity contribution in [2.45, 2.75) is 58.3 Å². The lowest BCUT2D eigenvalue weighted by molar-refractivity contribution is 0.0799. The Labute approximate surface area is 232 Å². The fourth-order valence-corrected chi connectivity index (χ4v) is 5.56. The molecule has 14 heteroatoms. The minimum Gasteiger partial charge on any atom is -0.394 e. The van der Waals surface area contributed by atoms with Crippen LogP contribution in [0.4, 0.5) is 4.39 Å². The molecule has 2 heterocycles. The van der Waals surface area contributed by atoms with E-state index >= 15 is 0 Å². The van der Waals surface area contributed by atoms with Crippen LogP contribution < -0.4 is 10.0 Å². The molecule has 3 N–H and O–H groups in total. The lowest BCUT2D eigenvalue weighted by Crippen LogP contribution is -2.37. The van der Waals surface area contributed by atoms with E-state index in [9.17, 15) is 17.6 Å². The van der Waals surface area contributed by atoms with Crippen LogP contribution in [0, 0.1) is 18.7 Å². The molecule has 1 aromatic carbocycles. The number of halogens is 1. The van der Waals surface area contributed by atoms with Crippen molar-refractivity contribution in [2.24, 2.45) is 5.92 Å². The number of ether oxygens (including phenoxy) is 1. The van der Waals surface area contributed by atoms with Gasteiger partial charge in [-0.25, -0.2) is 22.5 Å². The fraction of sp³-hybridized carbons (Fsp3) is 0.500. The number of nitrogens with one attached hydrogen (secondary N) is 2. The summed E-state index contributed by atoms with van der Waals surface area (Å²) in [7, 11) is -3.21. The van der Waals surface area contributed by atoms with Gasteiger partial charge in [0.15, 0.2) is 0 Å². The first-order chi connectivity index (χ1) is 19.1. The number of carbonyl (C=O) groups is 1. The van der Waals surface area contributed by atoms with Crippen LogP contribution in [0.3, 0.4) is 0 Å². The number of amides is 1. The van der Waals surface area contributed by atoms with Crippen molar-refractivity contribution < 1.29 is 27.4 Å². The van der Waals surface area contributed by atoms with E-state index in [0.717, 1.165) is 25.7 Å². The van der Waals surface area contributed by atoms with E-state index < -0.39 is 21.7 Å². The average Bonchev–Trinajstić information content (AvgIpc) is 3.37.